The van der Waals surface area contributed by atoms with Crippen LogP contribution in [0.5, 0.6) is 0 Å². The molecule has 0 aliphatic carbocycles. The maximum Gasteiger partial charge on any atom is 0.329 e. The van der Waals surface area contributed by atoms with E-state index in [2.05, 4.69) is 0 Å². The Labute approximate surface area is 99.0 Å². The van der Waals surface area contributed by atoms with Crippen molar-refractivity contribution in [2.45, 2.75) is 39.3 Å². The maximum atomic E-state index is 13.1. The minimum absolute atomic E-state index is 0.263. The van der Waals surface area contributed by atoms with Crippen LogP contribution >= 0.6 is 0 Å². The summed E-state index contributed by atoms with van der Waals surface area (Å²) in [5.74, 6) is -1.07. The summed E-state index contributed by atoms with van der Waals surface area (Å²) in [4.78, 5) is 23.3. The minimum atomic E-state index is -0.777. The Morgan fingerprint density at radius 2 is 2.12 bits per heavy atom. The molecule has 1 unspecified atom stereocenters. The number of pyridine rings is 1. The third kappa shape index (κ3) is 3.41. The first kappa shape index (κ1) is 13.4. The molecule has 0 aliphatic rings. The van der Waals surface area contributed by atoms with Gasteiger partial charge in [0.05, 0.1) is 6.10 Å². The first-order valence-electron chi connectivity index (χ1n) is 5.54. The average Bonchev–Trinajstić information content (AvgIpc) is 2.23. The van der Waals surface area contributed by atoms with Gasteiger partial charge in [0.25, 0.3) is 5.56 Å². The number of hydrogen-bond acceptors (Lipinski definition) is 3. The zero-order valence-electron chi connectivity index (χ0n) is 10.1. The zero-order valence-corrected chi connectivity index (χ0v) is 10.1. The van der Waals surface area contributed by atoms with Gasteiger partial charge in [-0.15, -0.1) is 0 Å². The summed E-state index contributed by atoms with van der Waals surface area (Å²) in [6.45, 7) is 5.18. The number of esters is 1. The zero-order chi connectivity index (χ0) is 13.0. The number of ether oxygens (including phenoxy) is 1. The van der Waals surface area contributed by atoms with Crippen molar-refractivity contribution in [2.75, 3.05) is 0 Å². The van der Waals surface area contributed by atoms with E-state index in [1.165, 1.54) is 0 Å². The number of rotatable bonds is 4. The highest BCUT2D eigenvalue weighted by molar-refractivity contribution is 5.74. The van der Waals surface area contributed by atoms with Gasteiger partial charge in [0, 0.05) is 12.3 Å². The highest BCUT2D eigenvalue weighted by Gasteiger charge is 2.22. The van der Waals surface area contributed by atoms with E-state index >= 15 is 0 Å². The number of carbonyl (C=O) groups is 1. The van der Waals surface area contributed by atoms with Crippen LogP contribution < -0.4 is 5.56 Å². The van der Waals surface area contributed by atoms with Crippen LogP contribution in [0.15, 0.2) is 23.1 Å². The molecule has 1 rings (SSSR count). The van der Waals surface area contributed by atoms with Gasteiger partial charge in [-0.3, -0.25) is 9.36 Å². The van der Waals surface area contributed by atoms with E-state index in [0.29, 0.717) is 6.42 Å². The van der Waals surface area contributed by atoms with Gasteiger partial charge in [-0.25, -0.2) is 9.18 Å². The molecule has 0 fully saturated rings. The first-order chi connectivity index (χ1) is 7.95. The topological polar surface area (TPSA) is 48.3 Å². The predicted octanol–water partition coefficient (Wildman–Crippen LogP) is 1.89. The Bertz CT molecular complexity index is 453. The SMILES string of the molecule is CCC(C(=O)OC(C)C)n1cc(F)ccc1=O. The van der Waals surface area contributed by atoms with Crippen LogP contribution in [0.1, 0.15) is 33.2 Å². The molecular formula is C12H16FNO3. The van der Waals surface area contributed by atoms with Crippen molar-refractivity contribution < 1.29 is 13.9 Å². The van der Waals surface area contributed by atoms with E-state index in [9.17, 15) is 14.0 Å². The first-order valence-corrected chi connectivity index (χ1v) is 5.54. The van der Waals surface area contributed by atoms with Crippen molar-refractivity contribution in [3.05, 3.63) is 34.5 Å². The Morgan fingerprint density at radius 3 is 2.65 bits per heavy atom. The van der Waals surface area contributed by atoms with Crippen molar-refractivity contribution in [3.8, 4) is 0 Å². The molecule has 0 saturated heterocycles. The van der Waals surface area contributed by atoms with E-state index in [1.54, 1.807) is 20.8 Å². The summed E-state index contributed by atoms with van der Waals surface area (Å²) in [6.07, 6.45) is 1.13. The van der Waals surface area contributed by atoms with Gasteiger partial charge in [0.2, 0.25) is 0 Å². The lowest BCUT2D eigenvalue weighted by molar-refractivity contribution is -0.151. The highest BCUT2D eigenvalue weighted by Crippen LogP contribution is 2.12. The van der Waals surface area contributed by atoms with Crippen LogP contribution in [0.3, 0.4) is 0 Å². The fourth-order valence-electron chi connectivity index (χ4n) is 1.51. The van der Waals surface area contributed by atoms with Gasteiger partial charge >= 0.3 is 5.97 Å². The van der Waals surface area contributed by atoms with Gasteiger partial charge in [-0.1, -0.05) is 6.92 Å². The molecule has 0 saturated carbocycles. The fourth-order valence-corrected chi connectivity index (χ4v) is 1.51. The molecule has 17 heavy (non-hydrogen) atoms. The van der Waals surface area contributed by atoms with Crippen LogP contribution in [0.4, 0.5) is 4.39 Å². The third-order valence-electron chi connectivity index (χ3n) is 2.25. The second kappa shape index (κ2) is 5.61. The van der Waals surface area contributed by atoms with Crippen LogP contribution in [-0.2, 0) is 9.53 Å². The number of aromatic nitrogens is 1. The minimum Gasteiger partial charge on any atom is -0.461 e. The van der Waals surface area contributed by atoms with Crippen LogP contribution in [0.2, 0.25) is 0 Å². The molecule has 1 aromatic heterocycles. The Kier molecular flexibility index (Phi) is 4.43. The second-order valence-corrected chi connectivity index (χ2v) is 4.00. The number of halogens is 1. The molecule has 1 heterocycles. The standard InChI is InChI=1S/C12H16FNO3/c1-4-10(12(16)17-8(2)3)14-7-9(13)5-6-11(14)15/h5-8,10H,4H2,1-3H3. The quantitative estimate of drug-likeness (QED) is 0.756. The fraction of sp³-hybridized carbons (Fsp3) is 0.500. The molecule has 4 nitrogen and oxygen atoms in total. The van der Waals surface area contributed by atoms with E-state index < -0.39 is 23.4 Å². The predicted molar refractivity (Wildman–Crippen MR) is 61.2 cm³/mol. The van der Waals surface area contributed by atoms with Crippen molar-refractivity contribution in [1.82, 2.24) is 4.57 Å². The van der Waals surface area contributed by atoms with Crippen LogP contribution in [0.25, 0.3) is 0 Å². The molecule has 94 valence electrons. The molecule has 0 amide bonds. The lowest BCUT2D eigenvalue weighted by Crippen LogP contribution is -2.31. The number of nitrogens with zero attached hydrogens (tertiary/aromatic N) is 1. The van der Waals surface area contributed by atoms with E-state index in [4.69, 9.17) is 4.74 Å². The molecule has 0 spiro atoms. The molecule has 1 atom stereocenters. The van der Waals surface area contributed by atoms with Crippen molar-refractivity contribution >= 4 is 5.97 Å². The van der Waals surface area contributed by atoms with Crippen LogP contribution in [0, 0.1) is 5.82 Å². The summed E-state index contributed by atoms with van der Waals surface area (Å²) in [5, 5.41) is 0. The van der Waals surface area contributed by atoms with Crippen LogP contribution in [-0.4, -0.2) is 16.6 Å². The van der Waals surface area contributed by atoms with E-state index in [-0.39, 0.29) is 6.10 Å². The summed E-state index contributed by atoms with van der Waals surface area (Å²) < 4.78 is 19.2. The monoisotopic (exact) mass is 241 g/mol. The molecular weight excluding hydrogens is 225 g/mol. The van der Waals surface area contributed by atoms with Crippen molar-refractivity contribution in [3.63, 3.8) is 0 Å². The lowest BCUT2D eigenvalue weighted by atomic mass is 10.2. The molecule has 0 aliphatic heterocycles. The molecule has 0 N–H and O–H groups in total. The second-order valence-electron chi connectivity index (χ2n) is 4.00. The van der Waals surface area contributed by atoms with E-state index in [0.717, 1.165) is 22.9 Å². The largest absolute Gasteiger partial charge is 0.461 e. The molecule has 0 radical (unpaired) electrons. The van der Waals surface area contributed by atoms with Gasteiger partial charge in [-0.2, -0.15) is 0 Å². The van der Waals surface area contributed by atoms with Gasteiger partial charge in [0.1, 0.15) is 11.9 Å². The summed E-state index contributed by atoms with van der Waals surface area (Å²) in [5.41, 5.74) is -0.418. The molecule has 5 heteroatoms. The normalized spacial score (nSPS) is 12.5. The molecule has 0 bridgehead atoms. The average molecular weight is 241 g/mol. The Hall–Kier alpha value is -1.65. The van der Waals surface area contributed by atoms with Crippen molar-refractivity contribution in [1.29, 1.82) is 0 Å². The molecule has 0 aromatic carbocycles. The summed E-state index contributed by atoms with van der Waals surface area (Å²) in [6, 6.07) is 1.39. The van der Waals surface area contributed by atoms with Gasteiger partial charge < -0.3 is 4.74 Å². The lowest BCUT2D eigenvalue weighted by Gasteiger charge is -2.18. The highest BCUT2D eigenvalue weighted by atomic mass is 19.1. The maximum absolute atomic E-state index is 13.1. The molecule has 1 aromatic rings. The van der Waals surface area contributed by atoms with Gasteiger partial charge in [0.15, 0.2) is 0 Å². The number of hydrogen-bond donors (Lipinski definition) is 0. The number of carbonyl (C=O) groups excluding carboxylic acids is 1. The Morgan fingerprint density at radius 1 is 1.47 bits per heavy atom. The summed E-state index contributed by atoms with van der Waals surface area (Å²) in [7, 11) is 0. The smallest absolute Gasteiger partial charge is 0.329 e. The van der Waals surface area contributed by atoms with Crippen molar-refractivity contribution in [2.24, 2.45) is 0 Å². The Balaban J connectivity index is 3.05. The summed E-state index contributed by atoms with van der Waals surface area (Å²) >= 11 is 0. The van der Waals surface area contributed by atoms with E-state index in [1.807, 2.05) is 0 Å². The third-order valence-corrected chi connectivity index (χ3v) is 2.25. The van der Waals surface area contributed by atoms with Gasteiger partial charge in [-0.05, 0) is 26.3 Å².